The first-order chi connectivity index (χ1) is 12.7. The number of ketones is 1. The molecular formula is C22H26N2O2. The second kappa shape index (κ2) is 7.50. The molecule has 4 heteroatoms. The van der Waals surface area contributed by atoms with Crippen molar-refractivity contribution < 1.29 is 9.53 Å². The van der Waals surface area contributed by atoms with Gasteiger partial charge in [0.1, 0.15) is 0 Å². The summed E-state index contributed by atoms with van der Waals surface area (Å²) in [6.07, 6.45) is 5.11. The van der Waals surface area contributed by atoms with E-state index in [0.717, 1.165) is 47.9 Å². The van der Waals surface area contributed by atoms with Gasteiger partial charge < -0.3 is 14.5 Å². The molecule has 0 amide bonds. The topological polar surface area (TPSA) is 32.8 Å². The fourth-order valence-corrected chi connectivity index (χ4v) is 3.92. The molecule has 0 N–H and O–H groups in total. The van der Waals surface area contributed by atoms with Crippen molar-refractivity contribution in [2.75, 3.05) is 31.1 Å². The predicted molar refractivity (Wildman–Crippen MR) is 105 cm³/mol. The Bertz CT molecular complexity index is 796. The first-order valence-corrected chi connectivity index (χ1v) is 9.64. The van der Waals surface area contributed by atoms with E-state index in [-0.39, 0.29) is 5.78 Å². The quantitative estimate of drug-likeness (QED) is 0.710. The smallest absolute Gasteiger partial charge is 0.159 e. The first kappa shape index (κ1) is 17.1. The van der Waals surface area contributed by atoms with Crippen LogP contribution < -0.4 is 9.64 Å². The third-order valence-corrected chi connectivity index (χ3v) is 5.34. The fourth-order valence-electron chi connectivity index (χ4n) is 3.92. The van der Waals surface area contributed by atoms with Gasteiger partial charge in [0.25, 0.3) is 0 Å². The van der Waals surface area contributed by atoms with Gasteiger partial charge in [-0.25, -0.2) is 0 Å². The van der Waals surface area contributed by atoms with Crippen LogP contribution in [0.25, 0.3) is 0 Å². The molecule has 0 atom stereocenters. The second-order valence-corrected chi connectivity index (χ2v) is 7.22. The molecule has 0 aliphatic carbocycles. The molecule has 0 unspecified atom stereocenters. The molecular weight excluding hydrogens is 324 g/mol. The zero-order chi connectivity index (χ0) is 17.9. The lowest BCUT2D eigenvalue weighted by molar-refractivity contribution is 0.101. The van der Waals surface area contributed by atoms with Gasteiger partial charge in [-0.1, -0.05) is 18.6 Å². The molecule has 2 aliphatic heterocycles. The lowest BCUT2D eigenvalue weighted by Crippen LogP contribution is -2.33. The largest absolute Gasteiger partial charge is 0.453 e. The zero-order valence-corrected chi connectivity index (χ0v) is 15.4. The van der Waals surface area contributed by atoms with E-state index in [2.05, 4.69) is 15.9 Å². The predicted octanol–water partition coefficient (Wildman–Crippen LogP) is 5.01. The summed E-state index contributed by atoms with van der Waals surface area (Å²) in [7, 11) is 0. The van der Waals surface area contributed by atoms with Crippen LogP contribution >= 0.6 is 0 Å². The molecule has 0 saturated carbocycles. The Morgan fingerprint density at radius 2 is 1.73 bits per heavy atom. The Morgan fingerprint density at radius 1 is 0.962 bits per heavy atom. The number of Topliss-reactive ketones (excluding diaryl/α,β-unsaturated/α-hetero) is 1. The highest BCUT2D eigenvalue weighted by Crippen LogP contribution is 2.46. The van der Waals surface area contributed by atoms with Crippen LogP contribution in [0.15, 0.2) is 42.5 Å². The van der Waals surface area contributed by atoms with Gasteiger partial charge >= 0.3 is 0 Å². The van der Waals surface area contributed by atoms with Crippen molar-refractivity contribution >= 4 is 17.2 Å². The maximum absolute atomic E-state index is 11.8. The van der Waals surface area contributed by atoms with Crippen molar-refractivity contribution in [1.82, 2.24) is 4.90 Å². The summed E-state index contributed by atoms with van der Waals surface area (Å²) in [5, 5.41) is 0. The third kappa shape index (κ3) is 3.47. The lowest BCUT2D eigenvalue weighted by atomic mass is 10.1. The van der Waals surface area contributed by atoms with Crippen molar-refractivity contribution in [3.63, 3.8) is 0 Å². The highest BCUT2D eigenvalue weighted by molar-refractivity contribution is 5.96. The van der Waals surface area contributed by atoms with Crippen LogP contribution in [0.3, 0.4) is 0 Å². The molecule has 0 spiro atoms. The van der Waals surface area contributed by atoms with Crippen LogP contribution in [0.5, 0.6) is 11.5 Å². The van der Waals surface area contributed by atoms with Crippen LogP contribution in [0.1, 0.15) is 43.0 Å². The van der Waals surface area contributed by atoms with E-state index in [1.165, 1.54) is 32.4 Å². The molecule has 0 aromatic heterocycles. The fraction of sp³-hybridized carbons (Fsp3) is 0.409. The van der Waals surface area contributed by atoms with Gasteiger partial charge in [0.05, 0.1) is 11.4 Å². The maximum Gasteiger partial charge on any atom is 0.159 e. The van der Waals surface area contributed by atoms with E-state index < -0.39 is 0 Å². The maximum atomic E-state index is 11.8. The Kier molecular flexibility index (Phi) is 4.93. The van der Waals surface area contributed by atoms with Gasteiger partial charge in [0.15, 0.2) is 17.3 Å². The summed E-state index contributed by atoms with van der Waals surface area (Å²) in [5.74, 6) is 1.79. The van der Waals surface area contributed by atoms with E-state index in [4.69, 9.17) is 4.74 Å². The summed E-state index contributed by atoms with van der Waals surface area (Å²) < 4.78 is 6.08. The SMILES string of the molecule is CC(=O)c1ccc2c(c1)N(CCCN1CCCCC1)c1ccccc1O2. The monoisotopic (exact) mass is 350 g/mol. The molecule has 1 saturated heterocycles. The minimum atomic E-state index is 0.0833. The Hall–Kier alpha value is -2.33. The number of carbonyl (C=O) groups excluding carboxylic acids is 1. The summed E-state index contributed by atoms with van der Waals surface area (Å²) in [6.45, 7) is 6.11. The number of hydrogen-bond acceptors (Lipinski definition) is 4. The normalized spacial score (nSPS) is 16.6. The first-order valence-electron chi connectivity index (χ1n) is 9.64. The molecule has 4 rings (SSSR count). The van der Waals surface area contributed by atoms with Gasteiger partial charge in [0.2, 0.25) is 0 Å². The van der Waals surface area contributed by atoms with E-state index in [1.807, 2.05) is 36.4 Å². The van der Waals surface area contributed by atoms with Crippen molar-refractivity contribution in [3.8, 4) is 11.5 Å². The minimum Gasteiger partial charge on any atom is -0.453 e. The van der Waals surface area contributed by atoms with Crippen LogP contribution in [0, 0.1) is 0 Å². The zero-order valence-electron chi connectivity index (χ0n) is 15.4. The average molecular weight is 350 g/mol. The highest BCUT2D eigenvalue weighted by Gasteiger charge is 2.25. The molecule has 2 aromatic rings. The summed E-state index contributed by atoms with van der Waals surface area (Å²) in [5.41, 5.74) is 2.81. The number of fused-ring (bicyclic) bond motifs is 2. The number of para-hydroxylation sites is 2. The van der Waals surface area contributed by atoms with E-state index >= 15 is 0 Å². The third-order valence-electron chi connectivity index (χ3n) is 5.34. The lowest BCUT2D eigenvalue weighted by Gasteiger charge is -2.34. The molecule has 2 aromatic carbocycles. The van der Waals surface area contributed by atoms with Gasteiger partial charge in [-0.05, 0) is 76.2 Å². The summed E-state index contributed by atoms with van der Waals surface area (Å²) >= 11 is 0. The molecule has 2 heterocycles. The summed E-state index contributed by atoms with van der Waals surface area (Å²) in [6, 6.07) is 13.9. The van der Waals surface area contributed by atoms with Crippen LogP contribution in [-0.4, -0.2) is 36.9 Å². The average Bonchev–Trinajstić information content (AvgIpc) is 2.68. The second-order valence-electron chi connectivity index (χ2n) is 7.22. The molecule has 2 aliphatic rings. The standard InChI is InChI=1S/C22H26N2O2/c1-17(25)18-10-11-22-20(16-18)24(19-8-3-4-9-21(19)26-22)15-7-14-23-12-5-2-6-13-23/h3-4,8-11,16H,2,5-7,12-15H2,1H3. The Labute approximate surface area is 155 Å². The van der Waals surface area contributed by atoms with Crippen LogP contribution in [0.2, 0.25) is 0 Å². The number of hydrogen-bond donors (Lipinski definition) is 0. The van der Waals surface area contributed by atoms with Crippen molar-refractivity contribution in [2.45, 2.75) is 32.6 Å². The summed E-state index contributed by atoms with van der Waals surface area (Å²) in [4.78, 5) is 16.7. The number of anilines is 2. The number of likely N-dealkylation sites (tertiary alicyclic amines) is 1. The molecule has 1 fully saturated rings. The molecule has 136 valence electrons. The van der Waals surface area contributed by atoms with E-state index in [0.29, 0.717) is 0 Å². The highest BCUT2D eigenvalue weighted by atomic mass is 16.5. The number of nitrogens with zero attached hydrogens (tertiary/aromatic N) is 2. The molecule has 26 heavy (non-hydrogen) atoms. The Balaban J connectivity index is 1.57. The van der Waals surface area contributed by atoms with Crippen molar-refractivity contribution in [2.24, 2.45) is 0 Å². The Morgan fingerprint density at radius 3 is 2.54 bits per heavy atom. The van der Waals surface area contributed by atoms with Gasteiger partial charge in [-0.15, -0.1) is 0 Å². The molecule has 0 radical (unpaired) electrons. The van der Waals surface area contributed by atoms with Crippen molar-refractivity contribution in [3.05, 3.63) is 48.0 Å². The molecule has 4 nitrogen and oxygen atoms in total. The number of piperidine rings is 1. The van der Waals surface area contributed by atoms with Crippen LogP contribution in [-0.2, 0) is 0 Å². The van der Waals surface area contributed by atoms with Gasteiger partial charge in [0, 0.05) is 12.1 Å². The van der Waals surface area contributed by atoms with E-state index in [1.54, 1.807) is 6.92 Å². The number of carbonyl (C=O) groups is 1. The number of ether oxygens (including phenoxy) is 1. The van der Waals surface area contributed by atoms with E-state index in [9.17, 15) is 4.79 Å². The minimum absolute atomic E-state index is 0.0833. The molecule has 0 bridgehead atoms. The number of benzene rings is 2. The van der Waals surface area contributed by atoms with Gasteiger partial charge in [-0.2, -0.15) is 0 Å². The number of rotatable bonds is 5. The van der Waals surface area contributed by atoms with Crippen molar-refractivity contribution in [1.29, 1.82) is 0 Å². The van der Waals surface area contributed by atoms with Gasteiger partial charge in [-0.3, -0.25) is 4.79 Å². The van der Waals surface area contributed by atoms with Crippen LogP contribution in [0.4, 0.5) is 11.4 Å².